The number of ketones is 1. The summed E-state index contributed by atoms with van der Waals surface area (Å²) in [7, 11) is -1.73. The number of nitrogens with two attached hydrogens (primary N) is 1. The molecule has 0 aliphatic heterocycles. The molecule has 0 aliphatic rings. The summed E-state index contributed by atoms with van der Waals surface area (Å²) in [5.74, 6) is -1.77. The molecule has 11 nitrogen and oxygen atoms in total. The maximum Gasteiger partial charge on any atom is 0.475 e. The SMILES string of the molecule is CC(C)C[C@H](NC(=O)[C@H](CCCN=C(N)N[N+](=O)[O-])CC(=O)CCSc1ccc2ccccc2c1)B(O)O. The fraction of sp³-hybridized carbons (Fsp3) is 0.480. The first-order valence-corrected chi connectivity index (χ1v) is 13.5. The highest BCUT2D eigenvalue weighted by Gasteiger charge is 2.30. The lowest BCUT2D eigenvalue weighted by Gasteiger charge is -2.23. The highest BCUT2D eigenvalue weighted by molar-refractivity contribution is 7.99. The first-order valence-electron chi connectivity index (χ1n) is 12.6. The van der Waals surface area contributed by atoms with E-state index in [2.05, 4.69) is 16.4 Å². The molecular formula is C25H36BN5O6S. The van der Waals surface area contributed by atoms with E-state index in [1.54, 1.807) is 17.2 Å². The smallest absolute Gasteiger partial charge is 0.426 e. The van der Waals surface area contributed by atoms with Gasteiger partial charge in [-0.1, -0.05) is 49.6 Å². The Balaban J connectivity index is 1.96. The lowest BCUT2D eigenvalue weighted by molar-refractivity contribution is -0.525. The topological polar surface area (TPSA) is 180 Å². The van der Waals surface area contributed by atoms with Gasteiger partial charge in [0.1, 0.15) is 5.78 Å². The van der Waals surface area contributed by atoms with Crippen molar-refractivity contribution in [2.75, 3.05) is 12.3 Å². The van der Waals surface area contributed by atoms with Gasteiger partial charge in [0, 0.05) is 36.0 Å². The molecule has 0 aliphatic carbocycles. The molecular weight excluding hydrogens is 509 g/mol. The molecule has 2 atom stereocenters. The lowest BCUT2D eigenvalue weighted by atomic mass is 9.74. The van der Waals surface area contributed by atoms with Crippen LogP contribution in [0.25, 0.3) is 10.8 Å². The summed E-state index contributed by atoms with van der Waals surface area (Å²) in [5.41, 5.74) is 7.16. The highest BCUT2D eigenvalue weighted by atomic mass is 32.2. The monoisotopic (exact) mass is 545 g/mol. The van der Waals surface area contributed by atoms with Crippen molar-refractivity contribution < 1.29 is 24.7 Å². The maximum absolute atomic E-state index is 13.0. The minimum absolute atomic E-state index is 0.00756. The van der Waals surface area contributed by atoms with Gasteiger partial charge in [0.15, 0.2) is 5.03 Å². The van der Waals surface area contributed by atoms with Gasteiger partial charge in [-0.05, 0) is 48.1 Å². The van der Waals surface area contributed by atoms with Gasteiger partial charge in [0.05, 0.1) is 5.94 Å². The van der Waals surface area contributed by atoms with Crippen molar-refractivity contribution in [3.05, 3.63) is 52.6 Å². The number of hydrogen-bond acceptors (Lipinski definition) is 8. The molecule has 38 heavy (non-hydrogen) atoms. The predicted molar refractivity (Wildman–Crippen MR) is 150 cm³/mol. The van der Waals surface area contributed by atoms with E-state index in [-0.39, 0.29) is 43.5 Å². The summed E-state index contributed by atoms with van der Waals surface area (Å²) in [6.07, 6.45) is 1.26. The van der Waals surface area contributed by atoms with Crippen LogP contribution in [-0.2, 0) is 9.59 Å². The summed E-state index contributed by atoms with van der Waals surface area (Å²) >= 11 is 1.57. The summed E-state index contributed by atoms with van der Waals surface area (Å²) < 4.78 is 0. The van der Waals surface area contributed by atoms with E-state index in [9.17, 15) is 29.8 Å². The molecule has 206 valence electrons. The van der Waals surface area contributed by atoms with E-state index in [0.717, 1.165) is 15.7 Å². The largest absolute Gasteiger partial charge is 0.475 e. The van der Waals surface area contributed by atoms with Crippen molar-refractivity contribution in [1.82, 2.24) is 10.7 Å². The maximum atomic E-state index is 13.0. The van der Waals surface area contributed by atoms with Crippen LogP contribution < -0.4 is 16.5 Å². The number of hydrazine groups is 1. The number of rotatable bonds is 16. The number of fused-ring (bicyclic) bond motifs is 1. The second kappa shape index (κ2) is 15.9. The number of carbonyl (C=O) groups is 2. The van der Waals surface area contributed by atoms with Crippen LogP contribution in [0.2, 0.25) is 0 Å². The molecule has 0 aromatic heterocycles. The Labute approximate surface area is 226 Å². The summed E-state index contributed by atoms with van der Waals surface area (Å²) in [6.45, 7) is 3.93. The van der Waals surface area contributed by atoms with E-state index < -0.39 is 29.9 Å². The molecule has 0 heterocycles. The van der Waals surface area contributed by atoms with E-state index in [0.29, 0.717) is 18.6 Å². The molecule has 0 fully saturated rings. The normalized spacial score (nSPS) is 13.2. The second-order valence-corrected chi connectivity index (χ2v) is 10.7. The summed E-state index contributed by atoms with van der Waals surface area (Å²) in [6, 6.07) is 14.2. The Bertz CT molecular complexity index is 1120. The van der Waals surface area contributed by atoms with E-state index >= 15 is 0 Å². The van der Waals surface area contributed by atoms with E-state index in [1.807, 2.05) is 50.2 Å². The zero-order chi connectivity index (χ0) is 28.1. The van der Waals surface area contributed by atoms with E-state index in [1.165, 1.54) is 0 Å². The van der Waals surface area contributed by atoms with Crippen molar-refractivity contribution in [3.63, 3.8) is 0 Å². The molecule has 2 rings (SSSR count). The van der Waals surface area contributed by atoms with Crippen LogP contribution in [-0.4, -0.2) is 58.1 Å². The molecule has 2 aromatic carbocycles. The minimum Gasteiger partial charge on any atom is -0.426 e. The molecule has 0 saturated heterocycles. The van der Waals surface area contributed by atoms with Crippen LogP contribution in [0.5, 0.6) is 0 Å². The Kier molecular flexibility index (Phi) is 13.0. The number of nitrogens with one attached hydrogen (secondary N) is 2. The molecule has 0 saturated carbocycles. The number of Topliss-reactive ketones (excluding diaryl/α,β-unsaturated/α-hetero) is 1. The molecule has 0 unspecified atom stereocenters. The molecule has 1 amide bonds. The van der Waals surface area contributed by atoms with Gasteiger partial charge in [0.25, 0.3) is 5.96 Å². The minimum atomic E-state index is -1.73. The standard InChI is InChI=1S/C25H36BN5O6S/c1-17(2)14-23(26(34)35)29-24(33)20(8-5-12-28-25(27)30-31(36)37)15-21(32)11-13-38-22-10-9-18-6-3-4-7-19(18)16-22/h3-4,6-7,9-10,16-17,20,23,34-35H,5,8,11-15H2,1-2H3,(H,29,33)(H3,27,28,30)/t20-,23+/m1/s1. The first kappa shape index (κ1) is 31.1. The average Bonchev–Trinajstić information content (AvgIpc) is 2.84. The molecule has 0 radical (unpaired) electrons. The zero-order valence-corrected chi connectivity index (χ0v) is 22.5. The molecule has 6 N–H and O–H groups in total. The fourth-order valence-electron chi connectivity index (χ4n) is 3.97. The Morgan fingerprint density at radius 3 is 2.55 bits per heavy atom. The number of hydrogen-bond donors (Lipinski definition) is 5. The molecule has 0 spiro atoms. The van der Waals surface area contributed by atoms with Gasteiger partial charge in [0.2, 0.25) is 5.91 Å². The number of thioether (sulfide) groups is 1. The van der Waals surface area contributed by atoms with Crippen LogP contribution >= 0.6 is 11.8 Å². The Morgan fingerprint density at radius 2 is 1.89 bits per heavy atom. The quantitative estimate of drug-likeness (QED) is 0.0402. The van der Waals surface area contributed by atoms with Crippen LogP contribution in [0.15, 0.2) is 52.4 Å². The van der Waals surface area contributed by atoms with Gasteiger partial charge < -0.3 is 21.1 Å². The summed E-state index contributed by atoms with van der Waals surface area (Å²) in [4.78, 5) is 41.1. The molecule has 0 bridgehead atoms. The van der Waals surface area contributed by atoms with Gasteiger partial charge in [-0.2, -0.15) is 0 Å². The van der Waals surface area contributed by atoms with Crippen molar-refractivity contribution in [2.45, 2.75) is 56.8 Å². The van der Waals surface area contributed by atoms with Gasteiger partial charge in [-0.3, -0.25) is 9.59 Å². The number of nitrogens with zero attached hydrogens (tertiary/aromatic N) is 2. The zero-order valence-electron chi connectivity index (χ0n) is 21.7. The van der Waals surface area contributed by atoms with E-state index in [4.69, 9.17) is 5.73 Å². The number of carbonyl (C=O) groups excluding carboxylic acids is 2. The lowest BCUT2D eigenvalue weighted by Crippen LogP contribution is -2.49. The van der Waals surface area contributed by atoms with Gasteiger partial charge >= 0.3 is 7.12 Å². The number of amides is 1. The van der Waals surface area contributed by atoms with Crippen molar-refractivity contribution in [3.8, 4) is 0 Å². The number of nitro groups is 1. The molecule has 2 aromatic rings. The van der Waals surface area contributed by atoms with Gasteiger partial charge in [-0.15, -0.1) is 11.8 Å². The molecule has 13 heteroatoms. The number of aliphatic imine (C=N–C) groups is 1. The van der Waals surface area contributed by atoms with Crippen LogP contribution in [0.3, 0.4) is 0 Å². The highest BCUT2D eigenvalue weighted by Crippen LogP contribution is 2.25. The number of benzene rings is 2. The Hall–Kier alpha value is -3.16. The van der Waals surface area contributed by atoms with Crippen molar-refractivity contribution in [2.24, 2.45) is 22.6 Å². The third kappa shape index (κ3) is 11.5. The van der Waals surface area contributed by atoms with Crippen LogP contribution in [0.4, 0.5) is 0 Å². The predicted octanol–water partition coefficient (Wildman–Crippen LogP) is 2.32. The van der Waals surface area contributed by atoms with Crippen molar-refractivity contribution >= 4 is 47.3 Å². The van der Waals surface area contributed by atoms with Crippen LogP contribution in [0, 0.1) is 22.0 Å². The first-order chi connectivity index (χ1) is 18.0. The Morgan fingerprint density at radius 1 is 1.18 bits per heavy atom. The average molecular weight is 545 g/mol. The van der Waals surface area contributed by atoms with Gasteiger partial charge in [-0.25, -0.2) is 15.1 Å². The van der Waals surface area contributed by atoms with Crippen molar-refractivity contribution in [1.29, 1.82) is 0 Å². The second-order valence-electron chi connectivity index (χ2n) is 9.48. The van der Waals surface area contributed by atoms with Crippen LogP contribution in [0.1, 0.15) is 46.0 Å². The summed E-state index contributed by atoms with van der Waals surface area (Å²) in [5, 5.41) is 33.9. The fourth-order valence-corrected chi connectivity index (χ4v) is 4.91. The third-order valence-electron chi connectivity index (χ3n) is 5.83. The number of guanidine groups is 1. The third-order valence-corrected chi connectivity index (χ3v) is 6.82.